The summed E-state index contributed by atoms with van der Waals surface area (Å²) in [5.74, 6) is -3.33. The number of ether oxygens (including phenoxy) is 3. The van der Waals surface area contributed by atoms with Crippen LogP contribution in [0.1, 0.15) is 54.1 Å². The number of rotatable bonds is 8. The van der Waals surface area contributed by atoms with Crippen molar-refractivity contribution in [1.82, 2.24) is 0 Å². The van der Waals surface area contributed by atoms with Crippen molar-refractivity contribution in [1.29, 1.82) is 0 Å². The van der Waals surface area contributed by atoms with Gasteiger partial charge in [-0.2, -0.15) is 0 Å². The van der Waals surface area contributed by atoms with Crippen LogP contribution in [0.2, 0.25) is 0 Å². The topological polar surface area (TPSA) is 61.8 Å². The van der Waals surface area contributed by atoms with Crippen LogP contribution in [0.4, 0.5) is 8.78 Å². The molecular weight excluding hydrogens is 514 g/mol. The third kappa shape index (κ3) is 6.14. The van der Waals surface area contributed by atoms with Crippen molar-refractivity contribution in [3.05, 3.63) is 113 Å². The Morgan fingerprint density at radius 2 is 1.52 bits per heavy atom. The Bertz CT molecular complexity index is 1510. The van der Waals surface area contributed by atoms with Crippen molar-refractivity contribution in [3.8, 4) is 5.75 Å². The third-order valence-electron chi connectivity index (χ3n) is 7.52. The largest absolute Gasteiger partial charge is 0.487 e. The molecule has 4 aromatic carbocycles. The molecule has 0 radical (unpaired) electrons. The molecule has 0 aliphatic heterocycles. The van der Waals surface area contributed by atoms with Gasteiger partial charge < -0.3 is 14.2 Å². The zero-order valence-corrected chi connectivity index (χ0v) is 22.2. The van der Waals surface area contributed by atoms with Gasteiger partial charge in [0.2, 0.25) is 0 Å². The van der Waals surface area contributed by atoms with Crippen molar-refractivity contribution < 1.29 is 32.6 Å². The molecular formula is C33H30F2O5. The summed E-state index contributed by atoms with van der Waals surface area (Å²) in [5, 5.41) is 2.13. The maximum Gasteiger partial charge on any atom is 0.341 e. The van der Waals surface area contributed by atoms with Crippen LogP contribution in [0, 0.1) is 17.0 Å². The average molecular weight is 545 g/mol. The van der Waals surface area contributed by atoms with E-state index in [4.69, 9.17) is 14.2 Å². The molecule has 1 aliphatic rings. The smallest absolute Gasteiger partial charge is 0.341 e. The number of hydrogen-bond donors (Lipinski definition) is 0. The molecule has 4 aromatic rings. The van der Waals surface area contributed by atoms with Gasteiger partial charge in [0.1, 0.15) is 19.0 Å². The van der Waals surface area contributed by atoms with Gasteiger partial charge in [0.05, 0.1) is 17.1 Å². The van der Waals surface area contributed by atoms with Gasteiger partial charge >= 0.3 is 11.9 Å². The summed E-state index contributed by atoms with van der Waals surface area (Å²) in [5.41, 5.74) is 0.593. The number of carbonyl (C=O) groups excluding carboxylic acids is 2. The van der Waals surface area contributed by atoms with E-state index in [-0.39, 0.29) is 24.9 Å². The first-order valence-electron chi connectivity index (χ1n) is 13.3. The average Bonchev–Trinajstić information content (AvgIpc) is 2.97. The maximum absolute atomic E-state index is 14.6. The summed E-state index contributed by atoms with van der Waals surface area (Å²) in [6, 6.07) is 24.5. The van der Waals surface area contributed by atoms with Gasteiger partial charge in [-0.05, 0) is 54.5 Å². The van der Waals surface area contributed by atoms with Crippen LogP contribution in [0.3, 0.4) is 0 Å². The lowest BCUT2D eigenvalue weighted by atomic mass is 9.74. The van der Waals surface area contributed by atoms with Gasteiger partial charge in [0.15, 0.2) is 11.6 Å². The molecule has 0 aromatic heterocycles. The molecule has 1 fully saturated rings. The summed E-state index contributed by atoms with van der Waals surface area (Å²) in [4.78, 5) is 25.6. The molecule has 0 spiro atoms. The van der Waals surface area contributed by atoms with E-state index in [2.05, 4.69) is 0 Å². The Labute approximate surface area is 231 Å². The Morgan fingerprint density at radius 1 is 0.825 bits per heavy atom. The molecule has 0 saturated heterocycles. The summed E-state index contributed by atoms with van der Waals surface area (Å²) in [7, 11) is 0. The highest BCUT2D eigenvalue weighted by atomic mass is 19.1. The van der Waals surface area contributed by atoms with Crippen LogP contribution in [0.25, 0.3) is 10.8 Å². The molecule has 0 bridgehead atoms. The number of hydrogen-bond acceptors (Lipinski definition) is 5. The lowest BCUT2D eigenvalue weighted by Crippen LogP contribution is -2.37. The highest BCUT2D eigenvalue weighted by Gasteiger charge is 2.40. The minimum atomic E-state index is -1.02. The zero-order valence-electron chi connectivity index (χ0n) is 22.2. The Balaban J connectivity index is 1.17. The first-order chi connectivity index (χ1) is 19.3. The summed E-state index contributed by atoms with van der Waals surface area (Å²) in [6.45, 7) is 2.01. The van der Waals surface area contributed by atoms with E-state index in [9.17, 15) is 18.4 Å². The zero-order chi connectivity index (χ0) is 28.1. The van der Waals surface area contributed by atoms with Crippen molar-refractivity contribution >= 4 is 22.7 Å². The predicted octanol–water partition coefficient (Wildman–Crippen LogP) is 7.55. The van der Waals surface area contributed by atoms with E-state index in [0.717, 1.165) is 28.0 Å². The highest BCUT2D eigenvalue weighted by molar-refractivity contribution is 5.90. The van der Waals surface area contributed by atoms with E-state index < -0.39 is 34.7 Å². The molecule has 0 atom stereocenters. The van der Waals surface area contributed by atoms with Crippen LogP contribution in [0.5, 0.6) is 5.75 Å². The van der Waals surface area contributed by atoms with Crippen molar-refractivity contribution in [2.24, 2.45) is 5.41 Å². The standard InChI is InChI=1S/C33H30F2O5/c1-33(32(37)39-21-24-12-7-11-23-10-5-6-13-26(23)24)16-14-25(15-17-33)40-30-18-27(28(34)19-29(30)35)31(36)38-20-22-8-3-2-4-9-22/h2-13,18-19,25H,14-17,20-21H2,1H3/t25-,33+. The molecule has 1 saturated carbocycles. The minimum Gasteiger partial charge on any atom is -0.487 e. The van der Waals surface area contributed by atoms with Crippen molar-refractivity contribution in [2.45, 2.75) is 51.9 Å². The van der Waals surface area contributed by atoms with Crippen LogP contribution in [-0.4, -0.2) is 18.0 Å². The highest BCUT2D eigenvalue weighted by Crippen LogP contribution is 2.39. The van der Waals surface area contributed by atoms with E-state index in [0.29, 0.717) is 31.7 Å². The summed E-state index contributed by atoms with van der Waals surface area (Å²) in [6.07, 6.45) is 1.53. The fourth-order valence-corrected chi connectivity index (χ4v) is 5.04. The Kier molecular flexibility index (Phi) is 8.10. The van der Waals surface area contributed by atoms with Gasteiger partial charge in [-0.1, -0.05) is 72.8 Å². The number of esters is 2. The number of halogens is 2. The molecule has 7 heteroatoms. The quantitative estimate of drug-likeness (QED) is 0.214. The fraction of sp³-hybridized carbons (Fsp3) is 0.273. The minimum absolute atomic E-state index is 0.0372. The first kappa shape index (κ1) is 27.3. The normalized spacial score (nSPS) is 18.7. The van der Waals surface area contributed by atoms with Gasteiger partial charge in [-0.25, -0.2) is 13.6 Å². The number of fused-ring (bicyclic) bond motifs is 1. The van der Waals surface area contributed by atoms with Gasteiger partial charge in [-0.3, -0.25) is 4.79 Å². The molecule has 5 nitrogen and oxygen atoms in total. The van der Waals surface area contributed by atoms with Crippen LogP contribution in [-0.2, 0) is 27.5 Å². The molecule has 0 heterocycles. The molecule has 40 heavy (non-hydrogen) atoms. The Morgan fingerprint density at radius 3 is 2.30 bits per heavy atom. The van der Waals surface area contributed by atoms with Crippen LogP contribution >= 0.6 is 0 Å². The van der Waals surface area contributed by atoms with Gasteiger partial charge in [-0.15, -0.1) is 0 Å². The monoisotopic (exact) mass is 544 g/mol. The fourth-order valence-electron chi connectivity index (χ4n) is 5.04. The van der Waals surface area contributed by atoms with Gasteiger partial charge in [0, 0.05) is 12.1 Å². The molecule has 0 N–H and O–H groups in total. The molecule has 5 rings (SSSR count). The lowest BCUT2D eigenvalue weighted by molar-refractivity contribution is -0.159. The Hall–Kier alpha value is -4.26. The summed E-state index contributed by atoms with van der Waals surface area (Å²) >= 11 is 0. The first-order valence-corrected chi connectivity index (χ1v) is 13.3. The molecule has 0 unspecified atom stereocenters. The predicted molar refractivity (Wildman–Crippen MR) is 147 cm³/mol. The van der Waals surface area contributed by atoms with Crippen molar-refractivity contribution in [3.63, 3.8) is 0 Å². The van der Waals surface area contributed by atoms with Crippen LogP contribution in [0.15, 0.2) is 84.9 Å². The SMILES string of the molecule is C[C@]1(C(=O)OCc2cccc3ccccc23)CC[C@@H](Oc2cc(C(=O)OCc3ccccc3)c(F)cc2F)CC1. The second kappa shape index (κ2) is 11.9. The van der Waals surface area contributed by atoms with E-state index in [1.54, 1.807) is 24.3 Å². The number of benzene rings is 4. The van der Waals surface area contributed by atoms with Crippen molar-refractivity contribution in [2.75, 3.05) is 0 Å². The maximum atomic E-state index is 14.6. The van der Waals surface area contributed by atoms with E-state index in [1.807, 2.05) is 55.5 Å². The van der Waals surface area contributed by atoms with E-state index in [1.165, 1.54) is 0 Å². The summed E-state index contributed by atoms with van der Waals surface area (Å²) < 4.78 is 45.7. The van der Waals surface area contributed by atoms with Gasteiger partial charge in [0.25, 0.3) is 0 Å². The number of carbonyl (C=O) groups is 2. The molecule has 0 amide bonds. The van der Waals surface area contributed by atoms with E-state index >= 15 is 0 Å². The third-order valence-corrected chi connectivity index (χ3v) is 7.52. The second-order valence-electron chi connectivity index (χ2n) is 10.4. The molecule has 206 valence electrons. The molecule has 1 aliphatic carbocycles. The van der Waals surface area contributed by atoms with Crippen LogP contribution < -0.4 is 4.74 Å². The second-order valence-corrected chi connectivity index (χ2v) is 10.4. The lowest BCUT2D eigenvalue weighted by Gasteiger charge is -2.35.